The standard InChI is InChI=1S/C24H36N6O3S/c1-23(2,3)19-15-21(30(27-19)24(4,5)6)26-22(31)13-12-20-25-17-14-16(34(32,33)28(7)8)10-11-18(17)29(20)9/h10-11,14-15H,12-13H2,1-9H3,(H,26,31). The molecular formula is C24H36N6O3S. The lowest BCUT2D eigenvalue weighted by Crippen LogP contribution is -2.27. The van der Waals surface area contributed by atoms with Crippen molar-refractivity contribution < 1.29 is 13.2 Å². The van der Waals surface area contributed by atoms with Gasteiger partial charge in [0.05, 0.1) is 27.2 Å². The van der Waals surface area contributed by atoms with Crippen molar-refractivity contribution in [3.8, 4) is 0 Å². The molecule has 34 heavy (non-hydrogen) atoms. The highest BCUT2D eigenvalue weighted by atomic mass is 32.2. The van der Waals surface area contributed by atoms with Crippen LogP contribution in [-0.2, 0) is 39.2 Å². The van der Waals surface area contributed by atoms with Gasteiger partial charge in [0.1, 0.15) is 11.6 Å². The fourth-order valence-electron chi connectivity index (χ4n) is 3.60. The molecule has 10 heteroatoms. The molecule has 0 aliphatic carbocycles. The predicted octanol–water partition coefficient (Wildman–Crippen LogP) is 3.64. The Morgan fingerprint density at radius 1 is 1.09 bits per heavy atom. The Balaban J connectivity index is 1.80. The number of nitrogens with zero attached hydrogens (tertiary/aromatic N) is 5. The van der Waals surface area contributed by atoms with Crippen LogP contribution in [0.15, 0.2) is 29.2 Å². The maximum atomic E-state index is 12.8. The fourth-order valence-corrected chi connectivity index (χ4v) is 4.53. The topological polar surface area (TPSA) is 102 Å². The number of rotatable bonds is 6. The second-order valence-corrected chi connectivity index (χ2v) is 13.0. The first-order chi connectivity index (χ1) is 15.5. The Kier molecular flexibility index (Phi) is 6.71. The molecule has 0 fully saturated rings. The SMILES string of the molecule is CN(C)S(=O)(=O)c1ccc2c(c1)nc(CCC(=O)Nc1cc(C(C)(C)C)nn1C(C)(C)C)n2C. The molecule has 1 aromatic carbocycles. The molecule has 1 amide bonds. The van der Waals surface area contributed by atoms with E-state index in [9.17, 15) is 13.2 Å². The van der Waals surface area contributed by atoms with Gasteiger partial charge in [0.25, 0.3) is 0 Å². The molecule has 3 rings (SSSR count). The number of nitrogens with one attached hydrogen (secondary N) is 1. The minimum Gasteiger partial charge on any atom is -0.331 e. The fraction of sp³-hybridized carbons (Fsp3) is 0.542. The smallest absolute Gasteiger partial charge is 0.242 e. The average molecular weight is 489 g/mol. The highest BCUT2D eigenvalue weighted by molar-refractivity contribution is 7.89. The first-order valence-electron chi connectivity index (χ1n) is 11.3. The number of hydrogen-bond donors (Lipinski definition) is 1. The first-order valence-corrected chi connectivity index (χ1v) is 12.7. The van der Waals surface area contributed by atoms with Gasteiger partial charge in [-0.1, -0.05) is 20.8 Å². The largest absolute Gasteiger partial charge is 0.331 e. The van der Waals surface area contributed by atoms with Crippen LogP contribution in [0.1, 0.15) is 59.5 Å². The van der Waals surface area contributed by atoms with Crippen LogP contribution in [0.5, 0.6) is 0 Å². The Labute approximate surface area is 202 Å². The lowest BCUT2D eigenvalue weighted by Gasteiger charge is -2.23. The van der Waals surface area contributed by atoms with E-state index in [1.54, 1.807) is 18.2 Å². The Hall–Kier alpha value is -2.72. The summed E-state index contributed by atoms with van der Waals surface area (Å²) in [5.74, 6) is 1.25. The normalized spacial score (nSPS) is 13.1. The zero-order valence-electron chi connectivity index (χ0n) is 21.6. The first kappa shape index (κ1) is 25.9. The molecule has 0 atom stereocenters. The Morgan fingerprint density at radius 2 is 1.74 bits per heavy atom. The Bertz CT molecular complexity index is 1320. The van der Waals surface area contributed by atoms with Gasteiger partial charge in [0, 0.05) is 45.5 Å². The van der Waals surface area contributed by atoms with E-state index >= 15 is 0 Å². The number of aromatic nitrogens is 4. The van der Waals surface area contributed by atoms with Crippen LogP contribution in [0.2, 0.25) is 0 Å². The number of aryl methyl sites for hydroxylation is 2. The van der Waals surface area contributed by atoms with E-state index in [1.165, 1.54) is 18.4 Å². The summed E-state index contributed by atoms with van der Waals surface area (Å²) in [5, 5.41) is 7.75. The van der Waals surface area contributed by atoms with E-state index < -0.39 is 10.0 Å². The maximum Gasteiger partial charge on any atom is 0.242 e. The van der Waals surface area contributed by atoms with E-state index in [1.807, 2.05) is 43.1 Å². The van der Waals surface area contributed by atoms with Crippen LogP contribution in [-0.4, -0.2) is 52.1 Å². The van der Waals surface area contributed by atoms with Gasteiger partial charge >= 0.3 is 0 Å². The number of imidazole rings is 1. The number of carbonyl (C=O) groups is 1. The van der Waals surface area contributed by atoms with E-state index in [-0.39, 0.29) is 28.2 Å². The van der Waals surface area contributed by atoms with Crippen LogP contribution >= 0.6 is 0 Å². The van der Waals surface area contributed by atoms with Crippen molar-refractivity contribution in [3.63, 3.8) is 0 Å². The van der Waals surface area contributed by atoms with Crippen LogP contribution < -0.4 is 5.32 Å². The second-order valence-electron chi connectivity index (χ2n) is 10.8. The van der Waals surface area contributed by atoms with Gasteiger partial charge < -0.3 is 9.88 Å². The zero-order chi connectivity index (χ0) is 25.6. The van der Waals surface area contributed by atoms with Crippen LogP contribution in [0.25, 0.3) is 11.0 Å². The summed E-state index contributed by atoms with van der Waals surface area (Å²) in [6.45, 7) is 12.4. The Morgan fingerprint density at radius 3 is 2.29 bits per heavy atom. The number of anilines is 1. The van der Waals surface area contributed by atoms with Crippen molar-refractivity contribution in [3.05, 3.63) is 35.8 Å². The number of carbonyl (C=O) groups excluding carboxylic acids is 1. The van der Waals surface area contributed by atoms with Gasteiger partial charge in [-0.2, -0.15) is 5.10 Å². The van der Waals surface area contributed by atoms with Crippen molar-refractivity contribution in [2.24, 2.45) is 7.05 Å². The molecule has 9 nitrogen and oxygen atoms in total. The molecule has 0 unspecified atom stereocenters. The van der Waals surface area contributed by atoms with Gasteiger partial charge in [0.15, 0.2) is 0 Å². The van der Waals surface area contributed by atoms with Gasteiger partial charge in [-0.05, 0) is 39.0 Å². The molecular weight excluding hydrogens is 452 g/mol. The molecule has 186 valence electrons. The van der Waals surface area contributed by atoms with Gasteiger partial charge in [-0.25, -0.2) is 22.4 Å². The quantitative estimate of drug-likeness (QED) is 0.571. The highest BCUT2D eigenvalue weighted by Crippen LogP contribution is 2.28. The number of benzene rings is 1. The van der Waals surface area contributed by atoms with Crippen molar-refractivity contribution >= 4 is 32.8 Å². The molecule has 3 aromatic rings. The van der Waals surface area contributed by atoms with Crippen molar-refractivity contribution in [1.29, 1.82) is 0 Å². The summed E-state index contributed by atoms with van der Waals surface area (Å²) in [5.41, 5.74) is 1.89. The summed E-state index contributed by atoms with van der Waals surface area (Å²) in [6, 6.07) is 6.84. The highest BCUT2D eigenvalue weighted by Gasteiger charge is 2.26. The summed E-state index contributed by atoms with van der Waals surface area (Å²) in [4.78, 5) is 17.6. The van der Waals surface area contributed by atoms with Crippen molar-refractivity contribution in [2.75, 3.05) is 19.4 Å². The van der Waals surface area contributed by atoms with E-state index in [4.69, 9.17) is 5.10 Å². The monoisotopic (exact) mass is 488 g/mol. The number of sulfonamides is 1. The zero-order valence-corrected chi connectivity index (χ0v) is 22.4. The molecule has 0 aliphatic heterocycles. The minimum atomic E-state index is -3.55. The molecule has 0 aliphatic rings. The molecule has 0 saturated carbocycles. The van der Waals surface area contributed by atoms with E-state index in [2.05, 4.69) is 31.1 Å². The third-order valence-electron chi connectivity index (χ3n) is 5.68. The molecule has 1 N–H and O–H groups in total. The predicted molar refractivity (Wildman–Crippen MR) is 134 cm³/mol. The lowest BCUT2D eigenvalue weighted by atomic mass is 9.92. The molecule has 2 aromatic heterocycles. The van der Waals surface area contributed by atoms with Crippen LogP contribution in [0, 0.1) is 0 Å². The molecule has 0 spiro atoms. The molecule has 0 saturated heterocycles. The van der Waals surface area contributed by atoms with Crippen LogP contribution in [0.4, 0.5) is 5.82 Å². The lowest BCUT2D eigenvalue weighted by molar-refractivity contribution is -0.116. The van der Waals surface area contributed by atoms with Crippen molar-refractivity contribution in [2.45, 2.75) is 70.2 Å². The number of amides is 1. The average Bonchev–Trinajstić information content (AvgIpc) is 3.27. The summed E-state index contributed by atoms with van der Waals surface area (Å²) in [7, 11) is 1.32. The van der Waals surface area contributed by atoms with Crippen LogP contribution in [0.3, 0.4) is 0 Å². The summed E-state index contributed by atoms with van der Waals surface area (Å²) < 4.78 is 29.8. The molecule has 0 radical (unpaired) electrons. The van der Waals surface area contributed by atoms with E-state index in [0.29, 0.717) is 23.6 Å². The number of hydrogen-bond acceptors (Lipinski definition) is 5. The molecule has 0 bridgehead atoms. The second kappa shape index (κ2) is 8.81. The third kappa shape index (κ3) is 5.17. The minimum absolute atomic E-state index is 0.131. The van der Waals surface area contributed by atoms with Crippen molar-refractivity contribution in [1.82, 2.24) is 23.6 Å². The van der Waals surface area contributed by atoms with Gasteiger partial charge in [-0.15, -0.1) is 0 Å². The molecule has 2 heterocycles. The summed E-state index contributed by atoms with van der Waals surface area (Å²) >= 11 is 0. The third-order valence-corrected chi connectivity index (χ3v) is 7.49. The summed E-state index contributed by atoms with van der Waals surface area (Å²) in [6.07, 6.45) is 0.656. The van der Waals surface area contributed by atoms with E-state index in [0.717, 1.165) is 11.2 Å². The maximum absolute atomic E-state index is 12.8. The van der Waals surface area contributed by atoms with Gasteiger partial charge in [-0.3, -0.25) is 4.79 Å². The van der Waals surface area contributed by atoms with Gasteiger partial charge in [0.2, 0.25) is 15.9 Å². The number of fused-ring (bicyclic) bond motifs is 1.